The van der Waals surface area contributed by atoms with Crippen molar-refractivity contribution < 1.29 is 4.74 Å². The van der Waals surface area contributed by atoms with Gasteiger partial charge in [0, 0.05) is 12.1 Å². The average molecular weight is 194 g/mol. The molecule has 0 aliphatic rings. The molecule has 2 atom stereocenters. The summed E-state index contributed by atoms with van der Waals surface area (Å²) in [6.45, 7) is 1.99. The van der Waals surface area contributed by atoms with Crippen molar-refractivity contribution in [2.45, 2.75) is 19.0 Å². The molecule has 0 amide bonds. The van der Waals surface area contributed by atoms with Crippen LogP contribution >= 0.6 is 0 Å². The number of methoxy groups -OCH3 is 1. The Kier molecular flexibility index (Phi) is 3.92. The van der Waals surface area contributed by atoms with E-state index in [1.165, 1.54) is 0 Å². The van der Waals surface area contributed by atoms with E-state index in [2.05, 4.69) is 5.32 Å². The van der Waals surface area contributed by atoms with Gasteiger partial charge in [-0.2, -0.15) is 0 Å². The van der Waals surface area contributed by atoms with Crippen LogP contribution in [0.5, 0.6) is 5.75 Å². The minimum atomic E-state index is 0.0760. The van der Waals surface area contributed by atoms with Crippen LogP contribution in [0.25, 0.3) is 0 Å². The van der Waals surface area contributed by atoms with Crippen LogP contribution < -0.4 is 15.8 Å². The fourth-order valence-electron chi connectivity index (χ4n) is 1.57. The van der Waals surface area contributed by atoms with E-state index in [0.29, 0.717) is 0 Å². The first kappa shape index (κ1) is 11.0. The second-order valence-corrected chi connectivity index (χ2v) is 3.40. The van der Waals surface area contributed by atoms with E-state index in [0.717, 1.165) is 11.3 Å². The number of benzene rings is 1. The molecule has 0 aliphatic heterocycles. The number of likely N-dealkylation sites (N-methyl/N-ethyl adjacent to an activating group) is 1. The predicted octanol–water partition coefficient (Wildman–Crippen LogP) is 1.30. The molecule has 3 N–H and O–H groups in total. The van der Waals surface area contributed by atoms with Crippen molar-refractivity contribution in [1.29, 1.82) is 0 Å². The Morgan fingerprint density at radius 1 is 1.43 bits per heavy atom. The van der Waals surface area contributed by atoms with Gasteiger partial charge in [0.15, 0.2) is 0 Å². The zero-order chi connectivity index (χ0) is 10.6. The molecule has 78 valence electrons. The van der Waals surface area contributed by atoms with Crippen LogP contribution in [-0.4, -0.2) is 20.2 Å². The number of hydrogen-bond donors (Lipinski definition) is 2. The van der Waals surface area contributed by atoms with Gasteiger partial charge >= 0.3 is 0 Å². The van der Waals surface area contributed by atoms with Gasteiger partial charge in [0.2, 0.25) is 0 Å². The highest BCUT2D eigenvalue weighted by atomic mass is 16.5. The van der Waals surface area contributed by atoms with E-state index in [1.54, 1.807) is 7.11 Å². The summed E-state index contributed by atoms with van der Waals surface area (Å²) in [4.78, 5) is 0. The van der Waals surface area contributed by atoms with Crippen LogP contribution in [0.1, 0.15) is 18.5 Å². The Hall–Kier alpha value is -1.06. The van der Waals surface area contributed by atoms with Gasteiger partial charge < -0.3 is 15.8 Å². The molecule has 0 spiro atoms. The monoisotopic (exact) mass is 194 g/mol. The molecule has 1 aromatic rings. The van der Waals surface area contributed by atoms with Crippen molar-refractivity contribution in [2.24, 2.45) is 5.73 Å². The molecule has 3 heteroatoms. The highest BCUT2D eigenvalue weighted by Gasteiger charge is 2.13. The maximum Gasteiger partial charge on any atom is 0.119 e. The van der Waals surface area contributed by atoms with Gasteiger partial charge in [-0.05, 0) is 31.7 Å². The molecule has 3 nitrogen and oxygen atoms in total. The van der Waals surface area contributed by atoms with Crippen LogP contribution in [0.15, 0.2) is 24.3 Å². The second kappa shape index (κ2) is 4.98. The molecule has 0 bridgehead atoms. The Morgan fingerprint density at radius 2 is 2.14 bits per heavy atom. The van der Waals surface area contributed by atoms with E-state index in [1.807, 2.05) is 38.2 Å². The SMILES string of the molecule is CNC(c1cccc(OC)c1)C(C)N. The van der Waals surface area contributed by atoms with Crippen LogP contribution in [0, 0.1) is 0 Å². The molecule has 0 fully saturated rings. The van der Waals surface area contributed by atoms with E-state index >= 15 is 0 Å². The van der Waals surface area contributed by atoms with Crippen molar-refractivity contribution in [3.8, 4) is 5.75 Å². The quantitative estimate of drug-likeness (QED) is 0.759. The van der Waals surface area contributed by atoms with Crippen molar-refractivity contribution in [3.63, 3.8) is 0 Å². The molecule has 1 rings (SSSR count). The summed E-state index contributed by atoms with van der Waals surface area (Å²) < 4.78 is 5.16. The summed E-state index contributed by atoms with van der Waals surface area (Å²) >= 11 is 0. The van der Waals surface area contributed by atoms with Gasteiger partial charge in [-0.25, -0.2) is 0 Å². The molecule has 0 radical (unpaired) electrons. The average Bonchev–Trinajstić information content (AvgIpc) is 2.19. The Bertz CT molecular complexity index is 286. The number of rotatable bonds is 4. The Labute approximate surface area is 85.3 Å². The van der Waals surface area contributed by atoms with Crippen LogP contribution in [-0.2, 0) is 0 Å². The van der Waals surface area contributed by atoms with Crippen LogP contribution in [0.3, 0.4) is 0 Å². The highest BCUT2D eigenvalue weighted by molar-refractivity contribution is 5.31. The third-order valence-corrected chi connectivity index (χ3v) is 2.29. The first-order chi connectivity index (χ1) is 6.69. The van der Waals surface area contributed by atoms with E-state index in [9.17, 15) is 0 Å². The van der Waals surface area contributed by atoms with Gasteiger partial charge in [0.1, 0.15) is 5.75 Å². The van der Waals surface area contributed by atoms with E-state index in [4.69, 9.17) is 10.5 Å². The van der Waals surface area contributed by atoms with Gasteiger partial charge in [0.25, 0.3) is 0 Å². The predicted molar refractivity (Wildman–Crippen MR) is 58.4 cm³/mol. The summed E-state index contributed by atoms with van der Waals surface area (Å²) in [7, 11) is 3.58. The Balaban J connectivity index is 2.92. The second-order valence-electron chi connectivity index (χ2n) is 3.40. The summed E-state index contributed by atoms with van der Waals surface area (Å²) in [5.41, 5.74) is 7.02. The molecular formula is C11H18N2O. The third kappa shape index (κ3) is 2.47. The summed E-state index contributed by atoms with van der Waals surface area (Å²) in [6, 6.07) is 8.20. The number of hydrogen-bond acceptors (Lipinski definition) is 3. The standard InChI is InChI=1S/C11H18N2O/c1-8(12)11(13-2)9-5-4-6-10(7-9)14-3/h4-8,11,13H,12H2,1-3H3. The molecule has 0 saturated heterocycles. The lowest BCUT2D eigenvalue weighted by atomic mass is 10.0. The molecule has 2 unspecified atom stereocenters. The lowest BCUT2D eigenvalue weighted by molar-refractivity contribution is 0.412. The zero-order valence-electron chi connectivity index (χ0n) is 8.95. The van der Waals surface area contributed by atoms with Gasteiger partial charge in [-0.15, -0.1) is 0 Å². The van der Waals surface area contributed by atoms with Crippen molar-refractivity contribution in [1.82, 2.24) is 5.32 Å². The zero-order valence-corrected chi connectivity index (χ0v) is 8.95. The normalized spacial score (nSPS) is 14.9. The van der Waals surface area contributed by atoms with Crippen molar-refractivity contribution >= 4 is 0 Å². The fraction of sp³-hybridized carbons (Fsp3) is 0.455. The largest absolute Gasteiger partial charge is 0.497 e. The maximum absolute atomic E-state index is 5.87. The first-order valence-corrected chi connectivity index (χ1v) is 4.76. The molecule has 14 heavy (non-hydrogen) atoms. The van der Waals surface area contributed by atoms with Crippen LogP contribution in [0.2, 0.25) is 0 Å². The Morgan fingerprint density at radius 3 is 2.64 bits per heavy atom. The minimum Gasteiger partial charge on any atom is -0.497 e. The number of ether oxygens (including phenoxy) is 1. The molecule has 0 aliphatic carbocycles. The summed E-state index contributed by atoms with van der Waals surface area (Å²) in [5.74, 6) is 0.864. The number of nitrogens with one attached hydrogen (secondary N) is 1. The molecule has 0 heterocycles. The third-order valence-electron chi connectivity index (χ3n) is 2.29. The van der Waals surface area contributed by atoms with E-state index in [-0.39, 0.29) is 12.1 Å². The highest BCUT2D eigenvalue weighted by Crippen LogP contribution is 2.20. The lowest BCUT2D eigenvalue weighted by Crippen LogP contribution is -2.33. The lowest BCUT2D eigenvalue weighted by Gasteiger charge is -2.20. The van der Waals surface area contributed by atoms with Crippen molar-refractivity contribution in [3.05, 3.63) is 29.8 Å². The van der Waals surface area contributed by atoms with Gasteiger partial charge in [-0.3, -0.25) is 0 Å². The van der Waals surface area contributed by atoms with Crippen molar-refractivity contribution in [2.75, 3.05) is 14.2 Å². The molecule has 0 aromatic heterocycles. The molecule has 0 saturated carbocycles. The first-order valence-electron chi connectivity index (χ1n) is 4.76. The van der Waals surface area contributed by atoms with Gasteiger partial charge in [0.05, 0.1) is 7.11 Å². The smallest absolute Gasteiger partial charge is 0.119 e. The topological polar surface area (TPSA) is 47.3 Å². The van der Waals surface area contributed by atoms with E-state index < -0.39 is 0 Å². The number of nitrogens with two attached hydrogens (primary N) is 1. The summed E-state index contributed by atoms with van der Waals surface area (Å²) in [5, 5.41) is 3.19. The fourth-order valence-corrected chi connectivity index (χ4v) is 1.57. The van der Waals surface area contributed by atoms with Crippen LogP contribution in [0.4, 0.5) is 0 Å². The molecular weight excluding hydrogens is 176 g/mol. The van der Waals surface area contributed by atoms with Gasteiger partial charge in [-0.1, -0.05) is 12.1 Å². The summed E-state index contributed by atoms with van der Waals surface area (Å²) in [6.07, 6.45) is 0. The minimum absolute atomic E-state index is 0.0760. The molecule has 1 aromatic carbocycles. The maximum atomic E-state index is 5.87.